The second kappa shape index (κ2) is 4.19. The van der Waals surface area contributed by atoms with Gasteiger partial charge in [0.05, 0.1) is 11.6 Å². The van der Waals surface area contributed by atoms with Gasteiger partial charge in [-0.3, -0.25) is 0 Å². The molecule has 2 rings (SSSR count). The molecular weight excluding hydrogens is 198 g/mol. The van der Waals surface area contributed by atoms with Gasteiger partial charge >= 0.3 is 0 Å². The van der Waals surface area contributed by atoms with Gasteiger partial charge in [-0.2, -0.15) is 0 Å². The summed E-state index contributed by atoms with van der Waals surface area (Å²) in [6.07, 6.45) is 2.18. The average Bonchev–Trinajstić information content (AvgIpc) is 2.69. The molecule has 1 fully saturated rings. The van der Waals surface area contributed by atoms with Crippen molar-refractivity contribution in [1.82, 2.24) is 0 Å². The summed E-state index contributed by atoms with van der Waals surface area (Å²) in [6, 6.07) is 6.44. The summed E-state index contributed by atoms with van der Waals surface area (Å²) in [6.45, 7) is 7.20. The zero-order valence-corrected chi connectivity index (χ0v) is 10.4. The highest BCUT2D eigenvalue weighted by atomic mass is 16.5. The lowest BCUT2D eigenvalue weighted by Crippen LogP contribution is -2.38. The number of hydrogen-bond acceptors (Lipinski definition) is 2. The van der Waals surface area contributed by atoms with Crippen LogP contribution in [0.5, 0.6) is 0 Å². The van der Waals surface area contributed by atoms with Crippen LogP contribution in [0.3, 0.4) is 0 Å². The molecule has 2 unspecified atom stereocenters. The Balaban J connectivity index is 2.32. The molecule has 0 amide bonds. The lowest BCUT2D eigenvalue weighted by molar-refractivity contribution is -0.00189. The zero-order valence-electron chi connectivity index (χ0n) is 10.4. The van der Waals surface area contributed by atoms with Gasteiger partial charge in [-0.1, -0.05) is 23.8 Å². The van der Waals surface area contributed by atoms with Crippen molar-refractivity contribution in [2.75, 3.05) is 6.61 Å². The van der Waals surface area contributed by atoms with Crippen molar-refractivity contribution < 1.29 is 4.74 Å². The van der Waals surface area contributed by atoms with Crippen molar-refractivity contribution in [3.05, 3.63) is 34.9 Å². The fraction of sp³-hybridized carbons (Fsp3) is 0.571. The summed E-state index contributed by atoms with van der Waals surface area (Å²) in [7, 11) is 0. The smallest absolute Gasteiger partial charge is 0.0847 e. The zero-order chi connectivity index (χ0) is 11.8. The van der Waals surface area contributed by atoms with Gasteiger partial charge in [0.15, 0.2) is 0 Å². The summed E-state index contributed by atoms with van der Waals surface area (Å²) in [5, 5.41) is 0. The molecule has 1 aromatic rings. The predicted octanol–water partition coefficient (Wildman–Crippen LogP) is 2.87. The number of nitrogens with two attached hydrogens (primary N) is 1. The number of benzene rings is 1. The van der Waals surface area contributed by atoms with E-state index in [0.717, 1.165) is 19.4 Å². The molecule has 2 N–H and O–H groups in total. The van der Waals surface area contributed by atoms with Gasteiger partial charge < -0.3 is 10.5 Å². The minimum atomic E-state index is -0.182. The third kappa shape index (κ3) is 2.00. The van der Waals surface area contributed by atoms with Crippen LogP contribution in [0.4, 0.5) is 0 Å². The van der Waals surface area contributed by atoms with E-state index in [2.05, 4.69) is 39.0 Å². The van der Waals surface area contributed by atoms with Crippen LogP contribution in [-0.4, -0.2) is 12.2 Å². The van der Waals surface area contributed by atoms with E-state index in [1.54, 1.807) is 0 Å². The first kappa shape index (κ1) is 11.6. The Labute approximate surface area is 97.8 Å². The van der Waals surface area contributed by atoms with Crippen molar-refractivity contribution in [2.24, 2.45) is 5.73 Å². The Morgan fingerprint density at radius 2 is 2.12 bits per heavy atom. The number of ether oxygens (including phenoxy) is 1. The monoisotopic (exact) mass is 219 g/mol. The molecule has 2 atom stereocenters. The Morgan fingerprint density at radius 3 is 2.75 bits per heavy atom. The second-order valence-corrected chi connectivity index (χ2v) is 5.10. The van der Waals surface area contributed by atoms with E-state index in [1.165, 1.54) is 16.7 Å². The van der Waals surface area contributed by atoms with E-state index in [0.29, 0.717) is 0 Å². The Morgan fingerprint density at radius 1 is 1.38 bits per heavy atom. The number of hydrogen-bond donors (Lipinski definition) is 1. The van der Waals surface area contributed by atoms with Gasteiger partial charge in [0.25, 0.3) is 0 Å². The topological polar surface area (TPSA) is 35.2 Å². The average molecular weight is 219 g/mol. The third-order valence-electron chi connectivity index (χ3n) is 3.68. The lowest BCUT2D eigenvalue weighted by atomic mass is 9.86. The molecule has 1 aliphatic heterocycles. The van der Waals surface area contributed by atoms with Crippen LogP contribution in [0, 0.1) is 13.8 Å². The van der Waals surface area contributed by atoms with E-state index in [9.17, 15) is 0 Å². The van der Waals surface area contributed by atoms with Gasteiger partial charge in [0, 0.05) is 6.61 Å². The van der Waals surface area contributed by atoms with Crippen LogP contribution in [0.25, 0.3) is 0 Å². The molecule has 2 nitrogen and oxygen atoms in total. The molecule has 0 aromatic heterocycles. The maximum atomic E-state index is 6.38. The molecule has 1 aromatic carbocycles. The Hall–Kier alpha value is -0.860. The Kier molecular flexibility index (Phi) is 3.04. The van der Waals surface area contributed by atoms with E-state index in [1.807, 2.05) is 0 Å². The molecule has 0 radical (unpaired) electrons. The molecular formula is C14H21NO. The van der Waals surface area contributed by atoms with E-state index < -0.39 is 0 Å². The molecule has 0 saturated carbocycles. The van der Waals surface area contributed by atoms with Crippen molar-refractivity contribution in [2.45, 2.75) is 45.3 Å². The summed E-state index contributed by atoms with van der Waals surface area (Å²) in [5.41, 5.74) is 9.94. The summed E-state index contributed by atoms with van der Waals surface area (Å²) >= 11 is 0. The summed E-state index contributed by atoms with van der Waals surface area (Å²) in [5.74, 6) is 0. The molecule has 0 bridgehead atoms. The molecule has 16 heavy (non-hydrogen) atoms. The minimum Gasteiger partial charge on any atom is -0.373 e. The van der Waals surface area contributed by atoms with Gasteiger partial charge in [-0.15, -0.1) is 0 Å². The fourth-order valence-corrected chi connectivity index (χ4v) is 2.47. The largest absolute Gasteiger partial charge is 0.373 e. The third-order valence-corrected chi connectivity index (χ3v) is 3.68. The van der Waals surface area contributed by atoms with Crippen molar-refractivity contribution >= 4 is 0 Å². The molecule has 1 heterocycles. The van der Waals surface area contributed by atoms with Crippen LogP contribution >= 0.6 is 0 Å². The Bertz CT molecular complexity index is 380. The van der Waals surface area contributed by atoms with Crippen LogP contribution in [0.15, 0.2) is 18.2 Å². The molecule has 0 aliphatic carbocycles. The highest BCUT2D eigenvalue weighted by Crippen LogP contribution is 2.36. The molecule has 2 heteroatoms. The maximum Gasteiger partial charge on any atom is 0.0847 e. The van der Waals surface area contributed by atoms with Gasteiger partial charge in [-0.05, 0) is 44.7 Å². The van der Waals surface area contributed by atoms with Crippen molar-refractivity contribution in [1.29, 1.82) is 0 Å². The molecule has 88 valence electrons. The quantitative estimate of drug-likeness (QED) is 0.830. The standard InChI is InChI=1S/C14H21NO/c1-10-5-6-11(2)12(9-10)13(15)14(3)7-4-8-16-14/h5-6,9,13H,4,7-8,15H2,1-3H3. The SMILES string of the molecule is Cc1ccc(C)c(C(N)C2(C)CCCO2)c1. The lowest BCUT2D eigenvalue weighted by Gasteiger charge is -2.31. The summed E-state index contributed by atoms with van der Waals surface area (Å²) < 4.78 is 5.83. The van der Waals surface area contributed by atoms with E-state index >= 15 is 0 Å². The number of rotatable bonds is 2. The first-order valence-corrected chi connectivity index (χ1v) is 6.00. The van der Waals surface area contributed by atoms with E-state index in [4.69, 9.17) is 10.5 Å². The summed E-state index contributed by atoms with van der Waals surface area (Å²) in [4.78, 5) is 0. The van der Waals surface area contributed by atoms with Crippen LogP contribution in [0.2, 0.25) is 0 Å². The first-order valence-electron chi connectivity index (χ1n) is 6.00. The van der Waals surface area contributed by atoms with Crippen LogP contribution in [0.1, 0.15) is 42.5 Å². The first-order chi connectivity index (χ1) is 7.53. The molecule has 1 aliphatic rings. The molecule has 1 saturated heterocycles. The highest BCUT2D eigenvalue weighted by Gasteiger charge is 2.37. The highest BCUT2D eigenvalue weighted by molar-refractivity contribution is 5.34. The number of aryl methyl sites for hydroxylation is 2. The second-order valence-electron chi connectivity index (χ2n) is 5.10. The van der Waals surface area contributed by atoms with Crippen LogP contribution in [-0.2, 0) is 4.74 Å². The predicted molar refractivity (Wildman–Crippen MR) is 66.4 cm³/mol. The minimum absolute atomic E-state index is 0.0186. The maximum absolute atomic E-state index is 6.38. The van der Waals surface area contributed by atoms with Gasteiger partial charge in [0.1, 0.15) is 0 Å². The normalized spacial score (nSPS) is 27.0. The van der Waals surface area contributed by atoms with Crippen LogP contribution < -0.4 is 5.73 Å². The van der Waals surface area contributed by atoms with Crippen molar-refractivity contribution in [3.8, 4) is 0 Å². The molecule has 0 spiro atoms. The van der Waals surface area contributed by atoms with Gasteiger partial charge in [-0.25, -0.2) is 0 Å². The fourth-order valence-electron chi connectivity index (χ4n) is 2.47. The van der Waals surface area contributed by atoms with Crippen molar-refractivity contribution in [3.63, 3.8) is 0 Å². The van der Waals surface area contributed by atoms with E-state index in [-0.39, 0.29) is 11.6 Å². The van der Waals surface area contributed by atoms with Gasteiger partial charge in [0.2, 0.25) is 0 Å².